The number of piperidine rings is 1. The molecule has 94 valence electrons. The summed E-state index contributed by atoms with van der Waals surface area (Å²) in [6.07, 6.45) is 2.31. The predicted molar refractivity (Wildman–Crippen MR) is 68.8 cm³/mol. The summed E-state index contributed by atoms with van der Waals surface area (Å²) in [7, 11) is 1.85. The van der Waals surface area contributed by atoms with Gasteiger partial charge in [-0.2, -0.15) is 0 Å². The van der Waals surface area contributed by atoms with Crippen LogP contribution in [0.3, 0.4) is 0 Å². The van der Waals surface area contributed by atoms with Gasteiger partial charge in [0.15, 0.2) is 0 Å². The average Bonchev–Trinajstić information content (AvgIpc) is 2.61. The van der Waals surface area contributed by atoms with Crippen LogP contribution in [0, 0.1) is 5.92 Å². The lowest BCUT2D eigenvalue weighted by atomic mass is 9.96. The lowest BCUT2D eigenvalue weighted by Crippen LogP contribution is -2.46. The first-order valence-electron chi connectivity index (χ1n) is 5.78. The molecule has 1 saturated heterocycles. The Hall–Kier alpha value is -0.810. The number of halogens is 1. The maximum absolute atomic E-state index is 12.3. The normalized spacial score (nSPS) is 25.1. The Morgan fingerprint density at radius 1 is 1.59 bits per heavy atom. The van der Waals surface area contributed by atoms with Crippen molar-refractivity contribution in [1.29, 1.82) is 0 Å². The number of nitrogens with zero attached hydrogens (tertiary/aromatic N) is 2. The average molecular weight is 301 g/mol. The number of aliphatic hydroxyl groups excluding tert-OH is 1. The van der Waals surface area contributed by atoms with Crippen LogP contribution in [0.5, 0.6) is 0 Å². The van der Waals surface area contributed by atoms with Gasteiger partial charge in [-0.05, 0) is 34.3 Å². The van der Waals surface area contributed by atoms with Crippen LogP contribution >= 0.6 is 15.9 Å². The number of β-amino-alcohol motifs (C(OH)–C–C–N with tert-alkyl or cyclic N) is 1. The van der Waals surface area contributed by atoms with Gasteiger partial charge in [0, 0.05) is 30.8 Å². The topological polar surface area (TPSA) is 45.5 Å². The second-order valence-corrected chi connectivity index (χ2v) is 5.65. The molecular weight excluding hydrogens is 284 g/mol. The third-order valence-electron chi connectivity index (χ3n) is 3.40. The van der Waals surface area contributed by atoms with Gasteiger partial charge < -0.3 is 14.6 Å². The molecule has 0 aromatic carbocycles. The first kappa shape index (κ1) is 12.6. The van der Waals surface area contributed by atoms with Crippen LogP contribution in [0.2, 0.25) is 0 Å². The number of carbonyl (C=O) groups is 1. The van der Waals surface area contributed by atoms with Gasteiger partial charge in [-0.1, -0.05) is 6.92 Å². The van der Waals surface area contributed by atoms with Crippen molar-refractivity contribution in [3.63, 3.8) is 0 Å². The molecule has 1 aliphatic heterocycles. The summed E-state index contributed by atoms with van der Waals surface area (Å²) in [5, 5.41) is 9.81. The molecule has 4 nitrogen and oxygen atoms in total. The van der Waals surface area contributed by atoms with Crippen molar-refractivity contribution in [2.24, 2.45) is 13.0 Å². The van der Waals surface area contributed by atoms with Crippen molar-refractivity contribution >= 4 is 21.8 Å². The van der Waals surface area contributed by atoms with E-state index < -0.39 is 6.10 Å². The summed E-state index contributed by atoms with van der Waals surface area (Å²) in [5.41, 5.74) is 0.652. The second kappa shape index (κ2) is 4.82. The van der Waals surface area contributed by atoms with E-state index in [1.807, 2.05) is 26.2 Å². The van der Waals surface area contributed by atoms with Crippen molar-refractivity contribution in [3.05, 3.63) is 22.4 Å². The highest BCUT2D eigenvalue weighted by molar-refractivity contribution is 9.10. The van der Waals surface area contributed by atoms with Gasteiger partial charge >= 0.3 is 0 Å². The fourth-order valence-corrected chi connectivity index (χ4v) is 2.66. The van der Waals surface area contributed by atoms with Gasteiger partial charge in [-0.15, -0.1) is 0 Å². The highest BCUT2D eigenvalue weighted by Gasteiger charge is 2.28. The van der Waals surface area contributed by atoms with Crippen LogP contribution in [-0.2, 0) is 7.05 Å². The SMILES string of the molecule is CC1CCN(C(=O)c2cc(Br)cn2C)CC1O. The van der Waals surface area contributed by atoms with E-state index in [9.17, 15) is 9.90 Å². The lowest BCUT2D eigenvalue weighted by Gasteiger charge is -2.34. The lowest BCUT2D eigenvalue weighted by molar-refractivity contribution is 0.0243. The Morgan fingerprint density at radius 2 is 2.29 bits per heavy atom. The van der Waals surface area contributed by atoms with E-state index in [2.05, 4.69) is 15.9 Å². The number of aromatic nitrogens is 1. The zero-order valence-corrected chi connectivity index (χ0v) is 11.6. The summed E-state index contributed by atoms with van der Waals surface area (Å²) in [5.74, 6) is 0.267. The number of aryl methyl sites for hydroxylation is 1. The monoisotopic (exact) mass is 300 g/mol. The number of amides is 1. The molecule has 17 heavy (non-hydrogen) atoms. The summed E-state index contributed by atoms with van der Waals surface area (Å²) in [6.45, 7) is 3.17. The molecule has 2 unspecified atom stereocenters. The smallest absolute Gasteiger partial charge is 0.270 e. The van der Waals surface area contributed by atoms with Crippen LogP contribution in [0.15, 0.2) is 16.7 Å². The standard InChI is InChI=1S/C12H17BrN2O2/c1-8-3-4-15(7-11(8)16)12(17)10-5-9(13)6-14(10)2/h5-6,8,11,16H,3-4,7H2,1-2H3. The van der Waals surface area contributed by atoms with Crippen LogP contribution in [0.1, 0.15) is 23.8 Å². The fraction of sp³-hybridized carbons (Fsp3) is 0.583. The van der Waals surface area contributed by atoms with Gasteiger partial charge in [0.2, 0.25) is 0 Å². The number of carbonyl (C=O) groups excluding carboxylic acids is 1. The zero-order valence-electron chi connectivity index (χ0n) is 10.1. The highest BCUT2D eigenvalue weighted by Crippen LogP contribution is 2.21. The molecule has 0 aliphatic carbocycles. The van der Waals surface area contributed by atoms with Gasteiger partial charge in [0.25, 0.3) is 5.91 Å². The Balaban J connectivity index is 2.13. The summed E-state index contributed by atoms with van der Waals surface area (Å²) in [6, 6.07) is 1.81. The minimum Gasteiger partial charge on any atom is -0.391 e. The Morgan fingerprint density at radius 3 is 2.82 bits per heavy atom. The van der Waals surface area contributed by atoms with E-state index in [1.165, 1.54) is 0 Å². The molecule has 2 atom stereocenters. The molecular formula is C12H17BrN2O2. The van der Waals surface area contributed by atoms with E-state index in [0.29, 0.717) is 12.2 Å². The maximum atomic E-state index is 12.3. The molecule has 5 heteroatoms. The number of likely N-dealkylation sites (tertiary alicyclic amines) is 1. The number of hydrogen-bond acceptors (Lipinski definition) is 2. The van der Waals surface area contributed by atoms with E-state index in [-0.39, 0.29) is 11.8 Å². The van der Waals surface area contributed by atoms with E-state index in [4.69, 9.17) is 0 Å². The molecule has 0 bridgehead atoms. The molecule has 2 heterocycles. The van der Waals surface area contributed by atoms with E-state index in [1.54, 1.807) is 9.47 Å². The second-order valence-electron chi connectivity index (χ2n) is 4.74. The first-order chi connectivity index (χ1) is 7.99. The first-order valence-corrected chi connectivity index (χ1v) is 6.57. The van der Waals surface area contributed by atoms with Crippen molar-refractivity contribution in [2.45, 2.75) is 19.4 Å². The quantitative estimate of drug-likeness (QED) is 0.857. The molecule has 1 fully saturated rings. The van der Waals surface area contributed by atoms with Crippen molar-refractivity contribution in [1.82, 2.24) is 9.47 Å². The number of rotatable bonds is 1. The largest absolute Gasteiger partial charge is 0.391 e. The summed E-state index contributed by atoms with van der Waals surface area (Å²) >= 11 is 3.36. The Kier molecular flexibility index (Phi) is 3.58. The van der Waals surface area contributed by atoms with Gasteiger partial charge in [0.1, 0.15) is 5.69 Å². The van der Waals surface area contributed by atoms with Crippen LogP contribution in [0.4, 0.5) is 0 Å². The van der Waals surface area contributed by atoms with Gasteiger partial charge in [0.05, 0.1) is 6.10 Å². The van der Waals surface area contributed by atoms with Crippen LogP contribution in [-0.4, -0.2) is 39.7 Å². The summed E-state index contributed by atoms with van der Waals surface area (Å²) in [4.78, 5) is 14.0. The molecule has 1 amide bonds. The molecule has 1 aromatic heterocycles. The van der Waals surface area contributed by atoms with Crippen molar-refractivity contribution in [2.75, 3.05) is 13.1 Å². The summed E-state index contributed by atoms with van der Waals surface area (Å²) < 4.78 is 2.70. The molecule has 2 rings (SSSR count). The Labute approximate surface area is 109 Å². The minimum absolute atomic E-state index is 0.0100. The van der Waals surface area contributed by atoms with Crippen LogP contribution in [0.25, 0.3) is 0 Å². The van der Waals surface area contributed by atoms with Crippen LogP contribution < -0.4 is 0 Å². The van der Waals surface area contributed by atoms with Gasteiger partial charge in [-0.25, -0.2) is 0 Å². The molecule has 0 saturated carbocycles. The zero-order chi connectivity index (χ0) is 12.6. The minimum atomic E-state index is -0.406. The van der Waals surface area contributed by atoms with Crippen molar-refractivity contribution < 1.29 is 9.90 Å². The third-order valence-corrected chi connectivity index (χ3v) is 3.83. The fourth-order valence-electron chi connectivity index (χ4n) is 2.13. The molecule has 0 radical (unpaired) electrons. The Bertz CT molecular complexity index is 430. The molecule has 1 aromatic rings. The molecule has 0 spiro atoms. The third kappa shape index (κ3) is 2.55. The maximum Gasteiger partial charge on any atom is 0.270 e. The highest BCUT2D eigenvalue weighted by atomic mass is 79.9. The molecule has 1 aliphatic rings. The number of hydrogen-bond donors (Lipinski definition) is 1. The number of aliphatic hydroxyl groups is 1. The van der Waals surface area contributed by atoms with Gasteiger partial charge in [-0.3, -0.25) is 4.79 Å². The van der Waals surface area contributed by atoms with E-state index >= 15 is 0 Å². The van der Waals surface area contributed by atoms with E-state index in [0.717, 1.165) is 17.4 Å². The predicted octanol–water partition coefficient (Wildman–Crippen LogP) is 1.63. The van der Waals surface area contributed by atoms with Crippen molar-refractivity contribution in [3.8, 4) is 0 Å². The molecule has 1 N–H and O–H groups in total.